The highest BCUT2D eigenvalue weighted by molar-refractivity contribution is 5.16. The van der Waals surface area contributed by atoms with Gasteiger partial charge in [0.15, 0.2) is 0 Å². The van der Waals surface area contributed by atoms with Crippen molar-refractivity contribution in [2.24, 2.45) is 11.7 Å². The summed E-state index contributed by atoms with van der Waals surface area (Å²) < 4.78 is 0. The minimum atomic E-state index is 0.199. The highest BCUT2D eigenvalue weighted by Crippen LogP contribution is 2.12. The first-order valence-electron chi connectivity index (χ1n) is 7.93. The number of benzene rings is 2. The Morgan fingerprint density at radius 2 is 1.50 bits per heavy atom. The molecule has 22 heavy (non-hydrogen) atoms. The highest BCUT2D eigenvalue weighted by Gasteiger charge is 2.14. The molecule has 0 aliphatic heterocycles. The van der Waals surface area contributed by atoms with Gasteiger partial charge < -0.3 is 10.8 Å². The molecular formula is C19H26N2O. The third-order valence-corrected chi connectivity index (χ3v) is 3.84. The minimum Gasteiger partial charge on any atom is -0.396 e. The molecule has 3 nitrogen and oxygen atoms in total. The lowest BCUT2D eigenvalue weighted by atomic mass is 9.99. The lowest BCUT2D eigenvalue weighted by Crippen LogP contribution is -2.35. The Labute approximate surface area is 133 Å². The molecule has 1 unspecified atom stereocenters. The van der Waals surface area contributed by atoms with E-state index >= 15 is 0 Å². The van der Waals surface area contributed by atoms with E-state index < -0.39 is 0 Å². The van der Waals surface area contributed by atoms with Crippen LogP contribution in [0.1, 0.15) is 11.1 Å². The van der Waals surface area contributed by atoms with Gasteiger partial charge in [-0.05, 0) is 23.5 Å². The van der Waals surface area contributed by atoms with E-state index in [1.807, 2.05) is 24.3 Å². The molecular weight excluding hydrogens is 272 g/mol. The van der Waals surface area contributed by atoms with E-state index in [-0.39, 0.29) is 12.5 Å². The van der Waals surface area contributed by atoms with Crippen molar-refractivity contribution >= 4 is 0 Å². The van der Waals surface area contributed by atoms with E-state index in [1.165, 1.54) is 11.1 Å². The van der Waals surface area contributed by atoms with Crippen LogP contribution in [0.3, 0.4) is 0 Å². The normalized spacial score (nSPS) is 12.5. The second-order valence-corrected chi connectivity index (χ2v) is 5.75. The maximum absolute atomic E-state index is 9.71. The summed E-state index contributed by atoms with van der Waals surface area (Å²) in [5.41, 5.74) is 8.31. The highest BCUT2D eigenvalue weighted by atomic mass is 16.3. The van der Waals surface area contributed by atoms with Crippen LogP contribution in [0.15, 0.2) is 60.7 Å². The van der Waals surface area contributed by atoms with Crippen LogP contribution in [0.5, 0.6) is 0 Å². The Hall–Kier alpha value is -1.68. The summed E-state index contributed by atoms with van der Waals surface area (Å²) in [6, 6.07) is 20.8. The smallest absolute Gasteiger partial charge is 0.0474 e. The van der Waals surface area contributed by atoms with Crippen molar-refractivity contribution in [3.8, 4) is 0 Å². The Bertz CT molecular complexity index is 515. The van der Waals surface area contributed by atoms with Gasteiger partial charge in [-0.3, -0.25) is 4.90 Å². The first-order valence-corrected chi connectivity index (χ1v) is 7.93. The van der Waals surface area contributed by atoms with E-state index in [1.54, 1.807) is 0 Å². The zero-order valence-corrected chi connectivity index (χ0v) is 13.1. The van der Waals surface area contributed by atoms with E-state index in [2.05, 4.69) is 41.3 Å². The van der Waals surface area contributed by atoms with Crippen LogP contribution in [0.2, 0.25) is 0 Å². The molecule has 0 spiro atoms. The van der Waals surface area contributed by atoms with Crippen molar-refractivity contribution in [1.82, 2.24) is 4.90 Å². The van der Waals surface area contributed by atoms with Gasteiger partial charge >= 0.3 is 0 Å². The molecule has 0 aliphatic rings. The standard InChI is InChI=1S/C19H26N2O/c20-11-12-21(14-18-9-5-2-6-10-18)15-19(16-22)13-17-7-3-1-4-8-17/h1-10,19,22H,11-16,20H2. The van der Waals surface area contributed by atoms with Crippen LogP contribution in [-0.4, -0.2) is 36.2 Å². The Kier molecular flexibility index (Phi) is 7.10. The largest absolute Gasteiger partial charge is 0.396 e. The topological polar surface area (TPSA) is 49.5 Å². The second-order valence-electron chi connectivity index (χ2n) is 5.75. The summed E-state index contributed by atoms with van der Waals surface area (Å²) in [5, 5.41) is 9.71. The second kappa shape index (κ2) is 9.36. The van der Waals surface area contributed by atoms with Gasteiger partial charge in [-0.25, -0.2) is 0 Å². The summed E-state index contributed by atoms with van der Waals surface area (Å²) in [5.74, 6) is 0.234. The maximum Gasteiger partial charge on any atom is 0.0474 e. The number of rotatable bonds is 9. The molecule has 0 amide bonds. The summed E-state index contributed by atoms with van der Waals surface area (Å²) in [7, 11) is 0. The molecule has 0 aliphatic carbocycles. The van der Waals surface area contributed by atoms with Crippen molar-refractivity contribution in [1.29, 1.82) is 0 Å². The van der Waals surface area contributed by atoms with Crippen LogP contribution in [0.4, 0.5) is 0 Å². The van der Waals surface area contributed by atoms with Gasteiger partial charge in [-0.2, -0.15) is 0 Å². The van der Waals surface area contributed by atoms with Crippen molar-refractivity contribution in [2.75, 3.05) is 26.2 Å². The van der Waals surface area contributed by atoms with Gasteiger partial charge in [0.05, 0.1) is 0 Å². The van der Waals surface area contributed by atoms with Gasteiger partial charge in [0.2, 0.25) is 0 Å². The van der Waals surface area contributed by atoms with Crippen LogP contribution in [-0.2, 0) is 13.0 Å². The molecule has 0 radical (unpaired) electrons. The van der Waals surface area contributed by atoms with Gasteiger partial charge in [0, 0.05) is 32.8 Å². The molecule has 118 valence electrons. The van der Waals surface area contributed by atoms with Crippen LogP contribution < -0.4 is 5.73 Å². The number of nitrogens with zero attached hydrogens (tertiary/aromatic N) is 1. The fourth-order valence-corrected chi connectivity index (χ4v) is 2.76. The third kappa shape index (κ3) is 5.60. The first-order chi connectivity index (χ1) is 10.8. The van der Waals surface area contributed by atoms with Gasteiger partial charge in [0.25, 0.3) is 0 Å². The molecule has 0 aromatic heterocycles. The average Bonchev–Trinajstić information content (AvgIpc) is 2.56. The summed E-state index contributed by atoms with van der Waals surface area (Å²) >= 11 is 0. The van der Waals surface area contributed by atoms with Crippen LogP contribution >= 0.6 is 0 Å². The summed E-state index contributed by atoms with van der Waals surface area (Å²) in [6.07, 6.45) is 0.896. The number of hydrogen-bond donors (Lipinski definition) is 2. The predicted molar refractivity (Wildman–Crippen MR) is 91.5 cm³/mol. The number of nitrogens with two attached hydrogens (primary N) is 1. The van der Waals surface area contributed by atoms with Crippen LogP contribution in [0.25, 0.3) is 0 Å². The lowest BCUT2D eigenvalue weighted by Gasteiger charge is -2.26. The minimum absolute atomic E-state index is 0.199. The zero-order chi connectivity index (χ0) is 15.6. The summed E-state index contributed by atoms with van der Waals surface area (Å²) in [4.78, 5) is 2.33. The number of aliphatic hydroxyl groups is 1. The Morgan fingerprint density at radius 3 is 2.05 bits per heavy atom. The molecule has 3 N–H and O–H groups in total. The fraction of sp³-hybridized carbons (Fsp3) is 0.368. The monoisotopic (exact) mass is 298 g/mol. The molecule has 0 saturated heterocycles. The molecule has 0 bridgehead atoms. The molecule has 2 rings (SSSR count). The summed E-state index contributed by atoms with van der Waals surface area (Å²) in [6.45, 7) is 3.42. The van der Waals surface area contributed by atoms with Gasteiger partial charge in [0.1, 0.15) is 0 Å². The lowest BCUT2D eigenvalue weighted by molar-refractivity contribution is 0.160. The van der Waals surface area contributed by atoms with E-state index in [4.69, 9.17) is 5.73 Å². The Balaban J connectivity index is 1.95. The zero-order valence-electron chi connectivity index (χ0n) is 13.1. The molecule has 3 heteroatoms. The quantitative estimate of drug-likeness (QED) is 0.747. The molecule has 2 aromatic rings. The van der Waals surface area contributed by atoms with E-state index in [0.29, 0.717) is 6.54 Å². The van der Waals surface area contributed by atoms with Crippen molar-refractivity contribution in [3.63, 3.8) is 0 Å². The van der Waals surface area contributed by atoms with Crippen molar-refractivity contribution in [2.45, 2.75) is 13.0 Å². The van der Waals surface area contributed by atoms with E-state index in [9.17, 15) is 5.11 Å². The number of hydrogen-bond acceptors (Lipinski definition) is 3. The van der Waals surface area contributed by atoms with Crippen molar-refractivity contribution in [3.05, 3.63) is 71.8 Å². The average molecular weight is 298 g/mol. The fourth-order valence-electron chi connectivity index (χ4n) is 2.76. The molecule has 2 aromatic carbocycles. The SMILES string of the molecule is NCCN(Cc1ccccc1)CC(CO)Cc1ccccc1. The Morgan fingerprint density at radius 1 is 0.909 bits per heavy atom. The van der Waals surface area contributed by atoms with E-state index in [0.717, 1.165) is 26.1 Å². The molecule has 0 saturated carbocycles. The molecule has 1 atom stereocenters. The predicted octanol–water partition coefficient (Wildman–Crippen LogP) is 2.30. The van der Waals surface area contributed by atoms with Gasteiger partial charge in [-0.15, -0.1) is 0 Å². The maximum atomic E-state index is 9.71. The van der Waals surface area contributed by atoms with Gasteiger partial charge in [-0.1, -0.05) is 60.7 Å². The third-order valence-electron chi connectivity index (χ3n) is 3.84. The van der Waals surface area contributed by atoms with Crippen molar-refractivity contribution < 1.29 is 5.11 Å². The van der Waals surface area contributed by atoms with Crippen LogP contribution in [0, 0.1) is 5.92 Å². The molecule has 0 fully saturated rings. The first kappa shape index (κ1) is 16.7. The molecule has 0 heterocycles. The number of aliphatic hydroxyl groups excluding tert-OH is 1.